The average Bonchev–Trinajstić information content (AvgIpc) is 3.14. The van der Waals surface area contributed by atoms with E-state index in [4.69, 9.17) is 10.2 Å². The number of nitrogens with one attached hydrogen (secondary N) is 2. The second-order valence-corrected chi connectivity index (χ2v) is 4.24. The molecule has 0 radical (unpaired) electrons. The topological polar surface area (TPSA) is 128 Å². The highest BCUT2D eigenvalue weighted by Crippen LogP contribution is 1.98. The van der Waals surface area contributed by atoms with Gasteiger partial charge in [0.1, 0.15) is 18.0 Å². The molecule has 4 N–H and O–H groups in total. The van der Waals surface area contributed by atoms with Crippen molar-refractivity contribution in [3.8, 4) is 0 Å². The summed E-state index contributed by atoms with van der Waals surface area (Å²) in [7, 11) is 0. The molecule has 0 saturated carbocycles. The molecule has 2 heterocycles. The van der Waals surface area contributed by atoms with Gasteiger partial charge in [0.05, 0.1) is 32.1 Å². The molecule has 112 valence electrons. The number of nitrogens with zero attached hydrogens (tertiary/aromatic N) is 3. The molecule has 0 atom stereocenters. The van der Waals surface area contributed by atoms with Crippen molar-refractivity contribution in [2.75, 3.05) is 6.54 Å². The Bertz CT molecular complexity index is 592. The summed E-state index contributed by atoms with van der Waals surface area (Å²) in [5.41, 5.74) is 5.72. The van der Waals surface area contributed by atoms with E-state index >= 15 is 0 Å². The standard InChI is InChI=1S/C12H16N6O3/c13-4-11(19)14-5-9-7-18(17-16-9)8-12(20)15-6-10-2-1-3-21-10/h1-3,7H,4-6,8,13H2,(H,14,19)(H,15,20). The van der Waals surface area contributed by atoms with E-state index in [0.717, 1.165) is 0 Å². The number of rotatable bonds is 7. The number of amides is 2. The maximum absolute atomic E-state index is 11.7. The Morgan fingerprint density at radius 3 is 2.81 bits per heavy atom. The summed E-state index contributed by atoms with van der Waals surface area (Å²) in [5, 5.41) is 12.9. The molecule has 2 rings (SSSR count). The number of aromatic nitrogens is 3. The fraction of sp³-hybridized carbons (Fsp3) is 0.333. The van der Waals surface area contributed by atoms with Gasteiger partial charge in [-0.05, 0) is 12.1 Å². The predicted molar refractivity (Wildman–Crippen MR) is 71.5 cm³/mol. The van der Waals surface area contributed by atoms with E-state index in [1.54, 1.807) is 24.6 Å². The second-order valence-electron chi connectivity index (χ2n) is 4.24. The van der Waals surface area contributed by atoms with Crippen molar-refractivity contribution in [1.82, 2.24) is 25.6 Å². The molecular weight excluding hydrogens is 276 g/mol. The molecule has 9 heteroatoms. The Morgan fingerprint density at radius 1 is 1.29 bits per heavy atom. The molecule has 2 aromatic rings. The first-order valence-corrected chi connectivity index (χ1v) is 6.32. The number of carbonyl (C=O) groups is 2. The monoisotopic (exact) mass is 292 g/mol. The van der Waals surface area contributed by atoms with Crippen LogP contribution in [0.15, 0.2) is 29.0 Å². The molecule has 21 heavy (non-hydrogen) atoms. The lowest BCUT2D eigenvalue weighted by Gasteiger charge is -2.02. The number of hydrogen-bond donors (Lipinski definition) is 3. The third kappa shape index (κ3) is 4.73. The van der Waals surface area contributed by atoms with Crippen LogP contribution >= 0.6 is 0 Å². The number of carbonyl (C=O) groups excluding carboxylic acids is 2. The van der Waals surface area contributed by atoms with Crippen molar-refractivity contribution in [3.63, 3.8) is 0 Å². The van der Waals surface area contributed by atoms with Gasteiger partial charge in [-0.1, -0.05) is 5.21 Å². The molecule has 0 aliphatic rings. The van der Waals surface area contributed by atoms with Gasteiger partial charge < -0.3 is 20.8 Å². The van der Waals surface area contributed by atoms with Crippen LogP contribution in [0.2, 0.25) is 0 Å². The van der Waals surface area contributed by atoms with Crippen LogP contribution in [0.25, 0.3) is 0 Å². The van der Waals surface area contributed by atoms with Crippen molar-refractivity contribution < 1.29 is 14.0 Å². The maximum atomic E-state index is 11.7. The van der Waals surface area contributed by atoms with Gasteiger partial charge >= 0.3 is 0 Å². The molecule has 0 spiro atoms. The normalized spacial score (nSPS) is 10.3. The Balaban J connectivity index is 1.76. The van der Waals surface area contributed by atoms with Crippen LogP contribution in [0, 0.1) is 0 Å². The number of nitrogens with two attached hydrogens (primary N) is 1. The molecule has 2 amide bonds. The summed E-state index contributed by atoms with van der Waals surface area (Å²) in [6.45, 7) is 0.506. The van der Waals surface area contributed by atoms with Gasteiger partial charge in [-0.25, -0.2) is 4.68 Å². The van der Waals surface area contributed by atoms with Crippen molar-refractivity contribution in [1.29, 1.82) is 0 Å². The van der Waals surface area contributed by atoms with E-state index in [1.165, 1.54) is 4.68 Å². The Labute approximate surface area is 120 Å². The molecule has 0 aliphatic carbocycles. The lowest BCUT2D eigenvalue weighted by atomic mass is 10.4. The molecule has 0 saturated heterocycles. The van der Waals surface area contributed by atoms with Crippen LogP contribution in [-0.2, 0) is 29.2 Å². The maximum Gasteiger partial charge on any atom is 0.242 e. The van der Waals surface area contributed by atoms with E-state index < -0.39 is 0 Å². The van der Waals surface area contributed by atoms with E-state index in [1.807, 2.05) is 0 Å². The van der Waals surface area contributed by atoms with Gasteiger partial charge in [-0.2, -0.15) is 0 Å². The molecule has 0 fully saturated rings. The van der Waals surface area contributed by atoms with E-state index in [2.05, 4.69) is 20.9 Å². The summed E-state index contributed by atoms with van der Waals surface area (Å²) in [5.74, 6) is 0.182. The van der Waals surface area contributed by atoms with Crippen LogP contribution < -0.4 is 16.4 Å². The fourth-order valence-electron chi connectivity index (χ4n) is 1.56. The summed E-state index contributed by atoms with van der Waals surface area (Å²) in [6, 6.07) is 3.52. The quantitative estimate of drug-likeness (QED) is 0.585. The summed E-state index contributed by atoms with van der Waals surface area (Å²) in [4.78, 5) is 22.7. The smallest absolute Gasteiger partial charge is 0.242 e. The number of hydrogen-bond acceptors (Lipinski definition) is 6. The highest BCUT2D eigenvalue weighted by atomic mass is 16.3. The third-order valence-corrected chi connectivity index (χ3v) is 2.58. The first kappa shape index (κ1) is 14.7. The SMILES string of the molecule is NCC(=O)NCc1cn(CC(=O)NCc2ccco2)nn1. The van der Waals surface area contributed by atoms with Crippen molar-refractivity contribution in [2.24, 2.45) is 5.73 Å². The first-order valence-electron chi connectivity index (χ1n) is 6.32. The van der Waals surface area contributed by atoms with E-state index in [-0.39, 0.29) is 31.4 Å². The lowest BCUT2D eigenvalue weighted by molar-refractivity contribution is -0.122. The van der Waals surface area contributed by atoms with Crippen LogP contribution in [0.3, 0.4) is 0 Å². The van der Waals surface area contributed by atoms with Crippen LogP contribution in [0.4, 0.5) is 0 Å². The average molecular weight is 292 g/mol. The Kier molecular flexibility index (Phi) is 5.04. The van der Waals surface area contributed by atoms with Gasteiger partial charge in [-0.15, -0.1) is 5.10 Å². The van der Waals surface area contributed by atoms with Gasteiger partial charge in [0.15, 0.2) is 0 Å². The first-order chi connectivity index (χ1) is 10.2. The Hall–Kier alpha value is -2.68. The summed E-state index contributed by atoms with van der Waals surface area (Å²) >= 11 is 0. The third-order valence-electron chi connectivity index (χ3n) is 2.58. The summed E-state index contributed by atoms with van der Waals surface area (Å²) in [6.07, 6.45) is 3.13. The molecular formula is C12H16N6O3. The van der Waals surface area contributed by atoms with E-state index in [9.17, 15) is 9.59 Å². The second kappa shape index (κ2) is 7.20. The molecule has 0 unspecified atom stereocenters. The molecule has 0 bridgehead atoms. The van der Waals surface area contributed by atoms with Gasteiger partial charge in [0, 0.05) is 0 Å². The minimum absolute atomic E-state index is 0.0402. The highest BCUT2D eigenvalue weighted by molar-refractivity contribution is 5.77. The zero-order valence-corrected chi connectivity index (χ0v) is 11.3. The lowest BCUT2D eigenvalue weighted by Crippen LogP contribution is -2.29. The molecule has 2 aromatic heterocycles. The fourth-order valence-corrected chi connectivity index (χ4v) is 1.56. The number of furan rings is 1. The zero-order valence-electron chi connectivity index (χ0n) is 11.3. The summed E-state index contributed by atoms with van der Waals surface area (Å²) < 4.78 is 6.49. The van der Waals surface area contributed by atoms with Crippen molar-refractivity contribution >= 4 is 11.8 Å². The zero-order chi connectivity index (χ0) is 15.1. The minimum Gasteiger partial charge on any atom is -0.467 e. The van der Waals surface area contributed by atoms with Crippen LogP contribution in [-0.4, -0.2) is 33.4 Å². The van der Waals surface area contributed by atoms with Crippen LogP contribution in [0.1, 0.15) is 11.5 Å². The molecule has 9 nitrogen and oxygen atoms in total. The highest BCUT2D eigenvalue weighted by Gasteiger charge is 2.07. The predicted octanol–water partition coefficient (Wildman–Crippen LogP) is -1.24. The van der Waals surface area contributed by atoms with Crippen LogP contribution in [0.5, 0.6) is 0 Å². The van der Waals surface area contributed by atoms with Crippen molar-refractivity contribution in [3.05, 3.63) is 36.0 Å². The Morgan fingerprint density at radius 2 is 2.10 bits per heavy atom. The van der Waals surface area contributed by atoms with Gasteiger partial charge in [-0.3, -0.25) is 9.59 Å². The molecule has 0 aromatic carbocycles. The largest absolute Gasteiger partial charge is 0.467 e. The van der Waals surface area contributed by atoms with Crippen molar-refractivity contribution in [2.45, 2.75) is 19.6 Å². The van der Waals surface area contributed by atoms with E-state index in [0.29, 0.717) is 18.0 Å². The van der Waals surface area contributed by atoms with Gasteiger partial charge in [0.25, 0.3) is 0 Å². The minimum atomic E-state index is -0.277. The van der Waals surface area contributed by atoms with Gasteiger partial charge in [0.2, 0.25) is 11.8 Å². The molecule has 0 aliphatic heterocycles.